The Morgan fingerprint density at radius 1 is 1.21 bits per heavy atom. The standard InChI is InChI=1S/C22H26N4O6S/c1-31-18-11-16(17(26(29)30)12-19(18)32-2)20(27)24-13-14-6-9-25(10-7-14)22(28)15-5-4-8-23-21(15)33-3/h4-5,8,11-12,14H,6-7,9-10,13H2,1-3H3,(H,24,27). The van der Waals surface area contributed by atoms with E-state index in [-0.39, 0.29) is 34.6 Å². The summed E-state index contributed by atoms with van der Waals surface area (Å²) in [6.45, 7) is 1.49. The van der Waals surface area contributed by atoms with E-state index < -0.39 is 10.8 Å². The van der Waals surface area contributed by atoms with Gasteiger partial charge in [-0.3, -0.25) is 19.7 Å². The van der Waals surface area contributed by atoms with Crippen LogP contribution in [0.2, 0.25) is 0 Å². The van der Waals surface area contributed by atoms with E-state index in [0.29, 0.717) is 30.2 Å². The molecule has 1 aromatic carbocycles. The zero-order valence-electron chi connectivity index (χ0n) is 18.7. The maximum atomic E-state index is 12.9. The van der Waals surface area contributed by atoms with Gasteiger partial charge in [0.2, 0.25) is 0 Å². The fraction of sp³-hybridized carbons (Fsp3) is 0.409. The van der Waals surface area contributed by atoms with Crippen molar-refractivity contribution < 1.29 is 24.0 Å². The first-order valence-electron chi connectivity index (χ1n) is 10.4. The Morgan fingerprint density at radius 3 is 2.48 bits per heavy atom. The molecule has 10 nitrogen and oxygen atoms in total. The van der Waals surface area contributed by atoms with Crippen LogP contribution in [0.1, 0.15) is 33.6 Å². The van der Waals surface area contributed by atoms with Gasteiger partial charge in [0.1, 0.15) is 10.6 Å². The number of rotatable bonds is 8. The van der Waals surface area contributed by atoms with Gasteiger partial charge in [0.15, 0.2) is 11.5 Å². The van der Waals surface area contributed by atoms with Gasteiger partial charge in [-0.05, 0) is 37.1 Å². The molecule has 176 valence electrons. The smallest absolute Gasteiger partial charge is 0.286 e. The quantitative estimate of drug-likeness (QED) is 0.352. The highest BCUT2D eigenvalue weighted by Gasteiger charge is 2.28. The molecule has 1 saturated heterocycles. The van der Waals surface area contributed by atoms with Gasteiger partial charge >= 0.3 is 0 Å². The zero-order valence-corrected chi connectivity index (χ0v) is 19.5. The fourth-order valence-corrected chi connectivity index (χ4v) is 4.30. The monoisotopic (exact) mass is 474 g/mol. The van der Waals surface area contributed by atoms with E-state index in [4.69, 9.17) is 9.47 Å². The molecule has 0 atom stereocenters. The fourth-order valence-electron chi connectivity index (χ4n) is 3.76. The minimum atomic E-state index is -0.623. The predicted octanol–water partition coefficient (Wildman–Crippen LogP) is 3.01. The van der Waals surface area contributed by atoms with Crippen LogP contribution in [0.4, 0.5) is 5.69 Å². The van der Waals surface area contributed by atoms with Gasteiger partial charge in [-0.15, -0.1) is 11.8 Å². The lowest BCUT2D eigenvalue weighted by Crippen LogP contribution is -2.41. The van der Waals surface area contributed by atoms with Crippen LogP contribution in [0.25, 0.3) is 0 Å². The van der Waals surface area contributed by atoms with E-state index >= 15 is 0 Å². The largest absolute Gasteiger partial charge is 0.493 e. The van der Waals surface area contributed by atoms with Crippen LogP contribution in [0.3, 0.4) is 0 Å². The normalized spacial score (nSPS) is 14.0. The van der Waals surface area contributed by atoms with Crippen molar-refractivity contribution >= 4 is 29.3 Å². The number of likely N-dealkylation sites (tertiary alicyclic amines) is 1. The first kappa shape index (κ1) is 24.3. The molecule has 33 heavy (non-hydrogen) atoms. The average molecular weight is 475 g/mol. The average Bonchev–Trinajstić information content (AvgIpc) is 2.86. The summed E-state index contributed by atoms with van der Waals surface area (Å²) in [4.78, 5) is 42.5. The van der Waals surface area contributed by atoms with Crippen LogP contribution in [-0.4, -0.2) is 66.7 Å². The molecular weight excluding hydrogens is 448 g/mol. The van der Waals surface area contributed by atoms with Crippen molar-refractivity contribution in [2.45, 2.75) is 17.9 Å². The molecule has 1 N–H and O–H groups in total. The van der Waals surface area contributed by atoms with E-state index in [1.807, 2.05) is 6.26 Å². The lowest BCUT2D eigenvalue weighted by molar-refractivity contribution is -0.385. The molecule has 1 aliphatic rings. The van der Waals surface area contributed by atoms with Crippen molar-refractivity contribution in [3.05, 3.63) is 51.7 Å². The van der Waals surface area contributed by atoms with Gasteiger partial charge in [-0.2, -0.15) is 0 Å². The highest BCUT2D eigenvalue weighted by atomic mass is 32.2. The summed E-state index contributed by atoms with van der Waals surface area (Å²) in [6.07, 6.45) is 4.99. The Balaban J connectivity index is 1.60. The zero-order chi connectivity index (χ0) is 24.0. The van der Waals surface area contributed by atoms with E-state index in [2.05, 4.69) is 10.3 Å². The predicted molar refractivity (Wildman–Crippen MR) is 123 cm³/mol. The van der Waals surface area contributed by atoms with Crippen LogP contribution in [-0.2, 0) is 0 Å². The molecule has 1 aromatic heterocycles. The van der Waals surface area contributed by atoms with Gasteiger partial charge < -0.3 is 19.7 Å². The Morgan fingerprint density at radius 2 is 1.88 bits per heavy atom. The van der Waals surface area contributed by atoms with Gasteiger partial charge in [0.25, 0.3) is 17.5 Å². The van der Waals surface area contributed by atoms with Crippen LogP contribution in [0.15, 0.2) is 35.5 Å². The molecule has 3 rings (SSSR count). The van der Waals surface area contributed by atoms with Crippen molar-refractivity contribution in [3.8, 4) is 11.5 Å². The molecule has 0 spiro atoms. The molecule has 1 aliphatic heterocycles. The highest BCUT2D eigenvalue weighted by molar-refractivity contribution is 7.98. The summed E-state index contributed by atoms with van der Waals surface area (Å²) in [7, 11) is 2.77. The number of carbonyl (C=O) groups is 2. The van der Waals surface area contributed by atoms with E-state index in [9.17, 15) is 19.7 Å². The first-order chi connectivity index (χ1) is 15.9. The van der Waals surface area contributed by atoms with Gasteiger partial charge in [0, 0.05) is 31.9 Å². The third kappa shape index (κ3) is 5.54. The molecule has 0 bridgehead atoms. The second kappa shape index (κ2) is 11.0. The number of hydrogen-bond acceptors (Lipinski definition) is 8. The third-order valence-electron chi connectivity index (χ3n) is 5.59. The minimum absolute atomic E-state index is 0.0455. The molecule has 0 unspecified atom stereocenters. The SMILES string of the molecule is COc1cc(C(=O)NCC2CCN(C(=O)c3cccnc3SC)CC2)c([N+](=O)[O-])cc1OC. The molecule has 0 saturated carbocycles. The number of carbonyl (C=O) groups excluding carboxylic acids is 2. The third-order valence-corrected chi connectivity index (χ3v) is 6.30. The molecule has 0 radical (unpaired) electrons. The summed E-state index contributed by atoms with van der Waals surface area (Å²) in [6, 6.07) is 6.02. The van der Waals surface area contributed by atoms with Crippen LogP contribution in [0.5, 0.6) is 11.5 Å². The number of aromatic nitrogens is 1. The van der Waals surface area contributed by atoms with E-state index in [1.165, 1.54) is 38.1 Å². The topological polar surface area (TPSA) is 124 Å². The lowest BCUT2D eigenvalue weighted by Gasteiger charge is -2.32. The molecule has 2 aromatic rings. The van der Waals surface area contributed by atoms with Crippen molar-refractivity contribution in [1.82, 2.24) is 15.2 Å². The first-order valence-corrected chi connectivity index (χ1v) is 11.6. The summed E-state index contributed by atoms with van der Waals surface area (Å²) in [5.74, 6) is -0.0285. The lowest BCUT2D eigenvalue weighted by atomic mass is 9.96. The molecule has 0 aliphatic carbocycles. The van der Waals surface area contributed by atoms with E-state index in [0.717, 1.165) is 12.8 Å². The number of amides is 2. The number of nitro groups is 1. The van der Waals surface area contributed by atoms with E-state index in [1.54, 1.807) is 23.2 Å². The number of benzene rings is 1. The number of nitrogens with zero attached hydrogens (tertiary/aromatic N) is 3. The number of nitro benzene ring substituents is 1. The maximum Gasteiger partial charge on any atom is 0.286 e. The number of hydrogen-bond donors (Lipinski definition) is 1. The van der Waals surface area contributed by atoms with Crippen molar-refractivity contribution in [2.24, 2.45) is 5.92 Å². The van der Waals surface area contributed by atoms with Crippen molar-refractivity contribution in [3.63, 3.8) is 0 Å². The molecule has 2 amide bonds. The summed E-state index contributed by atoms with van der Waals surface area (Å²) in [5.41, 5.74) is 0.149. The Kier molecular flexibility index (Phi) is 8.10. The number of piperidine rings is 1. The Hall–Kier alpha value is -3.34. The molecule has 1 fully saturated rings. The Labute approximate surface area is 195 Å². The Bertz CT molecular complexity index is 1040. The van der Waals surface area contributed by atoms with Crippen LogP contribution >= 0.6 is 11.8 Å². The minimum Gasteiger partial charge on any atom is -0.493 e. The van der Waals surface area contributed by atoms with Crippen LogP contribution in [0, 0.1) is 16.0 Å². The summed E-state index contributed by atoms with van der Waals surface area (Å²) >= 11 is 1.43. The number of nitrogens with one attached hydrogen (secondary N) is 1. The summed E-state index contributed by atoms with van der Waals surface area (Å²) < 4.78 is 10.3. The van der Waals surface area contributed by atoms with Gasteiger partial charge in [-0.25, -0.2) is 4.98 Å². The molecule has 11 heteroatoms. The highest BCUT2D eigenvalue weighted by Crippen LogP contribution is 2.34. The second-order valence-corrected chi connectivity index (χ2v) is 8.28. The maximum absolute atomic E-state index is 12.9. The van der Waals surface area contributed by atoms with Crippen LogP contribution < -0.4 is 14.8 Å². The summed E-state index contributed by atoms with van der Waals surface area (Å²) in [5, 5.41) is 14.9. The number of methoxy groups -OCH3 is 2. The second-order valence-electron chi connectivity index (χ2n) is 7.49. The van der Waals surface area contributed by atoms with Crippen molar-refractivity contribution in [1.29, 1.82) is 0 Å². The van der Waals surface area contributed by atoms with Crippen molar-refractivity contribution in [2.75, 3.05) is 40.1 Å². The molecular formula is C22H26N4O6S. The number of pyridine rings is 1. The van der Waals surface area contributed by atoms with Gasteiger partial charge in [0.05, 0.1) is 30.8 Å². The molecule has 2 heterocycles. The number of thioether (sulfide) groups is 1. The van der Waals surface area contributed by atoms with Gasteiger partial charge in [-0.1, -0.05) is 0 Å². The number of ether oxygens (including phenoxy) is 2.